The van der Waals surface area contributed by atoms with Crippen molar-refractivity contribution in [1.82, 2.24) is 14.3 Å². The van der Waals surface area contributed by atoms with Gasteiger partial charge in [-0.3, -0.25) is 9.36 Å². The number of benzene rings is 2. The fourth-order valence-electron chi connectivity index (χ4n) is 4.59. The van der Waals surface area contributed by atoms with Crippen molar-refractivity contribution < 1.29 is 9.53 Å². The van der Waals surface area contributed by atoms with Crippen molar-refractivity contribution in [2.45, 2.75) is 13.0 Å². The Hall–Kier alpha value is -3.86. The molecule has 0 bridgehead atoms. The number of carbonyl (C=O) groups is 1. The van der Waals surface area contributed by atoms with E-state index in [-0.39, 0.29) is 5.56 Å². The molecule has 1 aliphatic heterocycles. The zero-order valence-electron chi connectivity index (χ0n) is 20.9. The van der Waals surface area contributed by atoms with Crippen LogP contribution in [0.3, 0.4) is 0 Å². The Morgan fingerprint density at radius 3 is 2.54 bits per heavy atom. The lowest BCUT2D eigenvalue weighted by molar-refractivity contribution is -0.136. The Bertz CT molecular complexity index is 1900. The first-order valence-electron chi connectivity index (χ1n) is 12.0. The Morgan fingerprint density at radius 1 is 1.08 bits per heavy atom. The van der Waals surface area contributed by atoms with Crippen LogP contribution in [0.1, 0.15) is 23.4 Å². The van der Waals surface area contributed by atoms with Crippen LogP contribution in [0.2, 0.25) is 0 Å². The molecule has 0 radical (unpaired) electrons. The van der Waals surface area contributed by atoms with Gasteiger partial charge in [0.15, 0.2) is 4.80 Å². The van der Waals surface area contributed by atoms with Gasteiger partial charge in [-0.05, 0) is 48.7 Å². The Balaban J connectivity index is 1.56. The number of halogens is 1. The van der Waals surface area contributed by atoms with Crippen molar-refractivity contribution in [3.05, 3.63) is 124 Å². The normalized spacial score (nSPS) is 15.3. The Morgan fingerprint density at radius 2 is 1.85 bits per heavy atom. The number of thiazole rings is 1. The molecule has 1 unspecified atom stereocenters. The monoisotopic (exact) mass is 616 g/mol. The van der Waals surface area contributed by atoms with E-state index in [1.807, 2.05) is 89.1 Å². The molecule has 3 aromatic heterocycles. The van der Waals surface area contributed by atoms with E-state index in [4.69, 9.17) is 9.84 Å². The quantitative estimate of drug-likeness (QED) is 0.258. The molecule has 0 amide bonds. The number of ether oxygens (including phenoxy) is 1. The number of methoxy groups -OCH3 is 1. The maximum Gasteiger partial charge on any atom is 0.338 e. The van der Waals surface area contributed by atoms with E-state index in [1.165, 1.54) is 29.8 Å². The second kappa shape index (κ2) is 10.4. The molecular formula is C29H21BrN4O3S2. The van der Waals surface area contributed by atoms with Crippen LogP contribution < -0.4 is 14.9 Å². The third-order valence-corrected chi connectivity index (χ3v) is 8.84. The average Bonchev–Trinajstić information content (AvgIpc) is 3.69. The van der Waals surface area contributed by atoms with Gasteiger partial charge in [-0.15, -0.1) is 11.3 Å². The summed E-state index contributed by atoms with van der Waals surface area (Å²) in [6.45, 7) is 1.78. The minimum Gasteiger partial charge on any atom is -0.466 e. The summed E-state index contributed by atoms with van der Waals surface area (Å²) in [5.41, 5.74) is 4.06. The molecule has 1 aliphatic rings. The van der Waals surface area contributed by atoms with Crippen molar-refractivity contribution in [2.24, 2.45) is 4.99 Å². The first-order valence-corrected chi connectivity index (χ1v) is 14.5. The molecule has 7 nitrogen and oxygen atoms in total. The number of esters is 1. The van der Waals surface area contributed by atoms with Crippen LogP contribution in [0, 0.1) is 0 Å². The molecule has 0 fully saturated rings. The van der Waals surface area contributed by atoms with Gasteiger partial charge in [-0.25, -0.2) is 14.5 Å². The highest BCUT2D eigenvalue weighted by molar-refractivity contribution is 9.10. The van der Waals surface area contributed by atoms with Crippen LogP contribution in [-0.2, 0) is 9.53 Å². The number of thiophene rings is 1. The number of hydrogen-bond acceptors (Lipinski definition) is 7. The number of hydrogen-bond donors (Lipinski definition) is 0. The SMILES string of the molecule is COC(=O)C1=C(C)N=c2s/c(=C/c3cn(-c4ccccc4)nc3-c3ccc(Br)cc3)c(=O)n2C1c1cccs1. The van der Waals surface area contributed by atoms with Gasteiger partial charge in [-0.1, -0.05) is 63.7 Å². The van der Waals surface area contributed by atoms with E-state index < -0.39 is 12.0 Å². The fourth-order valence-corrected chi connectivity index (χ4v) is 6.71. The van der Waals surface area contributed by atoms with Gasteiger partial charge < -0.3 is 4.74 Å². The maximum absolute atomic E-state index is 13.9. The standard InChI is InChI=1S/C29H21BrN4O3S2/c1-17-24(28(36)37-2)26(22-9-6-14-38-22)34-27(35)23(39-29(34)31-17)15-19-16-33(21-7-4-3-5-8-21)32-25(19)18-10-12-20(30)13-11-18/h3-16,26H,1-2H3/b23-15+. The van der Waals surface area contributed by atoms with Crippen LogP contribution >= 0.6 is 38.6 Å². The fraction of sp³-hybridized carbons (Fsp3) is 0.103. The van der Waals surface area contributed by atoms with E-state index >= 15 is 0 Å². The van der Waals surface area contributed by atoms with Crippen molar-refractivity contribution in [1.29, 1.82) is 0 Å². The minimum atomic E-state index is -0.603. The number of nitrogens with zero attached hydrogens (tertiary/aromatic N) is 4. The predicted octanol–water partition coefficient (Wildman–Crippen LogP) is 5.08. The third-order valence-electron chi connectivity index (χ3n) is 6.41. The smallest absolute Gasteiger partial charge is 0.338 e. The van der Waals surface area contributed by atoms with E-state index in [1.54, 1.807) is 11.5 Å². The molecule has 1 atom stereocenters. The summed E-state index contributed by atoms with van der Waals surface area (Å²) >= 11 is 6.28. The van der Waals surface area contributed by atoms with Gasteiger partial charge in [-0.2, -0.15) is 5.10 Å². The molecule has 4 heterocycles. The Kier molecular flexibility index (Phi) is 6.76. The average molecular weight is 618 g/mol. The molecular weight excluding hydrogens is 596 g/mol. The van der Waals surface area contributed by atoms with Crippen LogP contribution in [-0.4, -0.2) is 27.4 Å². The van der Waals surface area contributed by atoms with Gasteiger partial charge in [0.05, 0.1) is 34.3 Å². The van der Waals surface area contributed by atoms with Crippen LogP contribution in [0.4, 0.5) is 0 Å². The lowest BCUT2D eigenvalue weighted by atomic mass is 10.0. The number of allylic oxidation sites excluding steroid dienone is 1. The lowest BCUT2D eigenvalue weighted by Gasteiger charge is -2.22. The molecule has 0 spiro atoms. The summed E-state index contributed by atoms with van der Waals surface area (Å²) in [5, 5.41) is 6.81. The molecule has 0 saturated heterocycles. The van der Waals surface area contributed by atoms with Crippen LogP contribution in [0.5, 0.6) is 0 Å². The highest BCUT2D eigenvalue weighted by Gasteiger charge is 2.33. The number of fused-ring (bicyclic) bond motifs is 1. The molecule has 0 saturated carbocycles. The van der Waals surface area contributed by atoms with E-state index in [0.717, 1.165) is 31.9 Å². The van der Waals surface area contributed by atoms with E-state index in [9.17, 15) is 9.59 Å². The largest absolute Gasteiger partial charge is 0.466 e. The highest BCUT2D eigenvalue weighted by Crippen LogP contribution is 2.33. The molecule has 194 valence electrons. The molecule has 10 heteroatoms. The van der Waals surface area contributed by atoms with Gasteiger partial charge >= 0.3 is 5.97 Å². The van der Waals surface area contributed by atoms with Crippen molar-refractivity contribution in [3.8, 4) is 16.9 Å². The number of rotatable bonds is 5. The topological polar surface area (TPSA) is 78.5 Å². The highest BCUT2D eigenvalue weighted by atomic mass is 79.9. The maximum atomic E-state index is 13.9. The molecule has 2 aromatic carbocycles. The minimum absolute atomic E-state index is 0.222. The zero-order valence-corrected chi connectivity index (χ0v) is 24.1. The molecule has 5 aromatic rings. The molecule has 0 N–H and O–H groups in total. The first-order chi connectivity index (χ1) is 18.9. The summed E-state index contributed by atoms with van der Waals surface area (Å²) in [7, 11) is 1.34. The summed E-state index contributed by atoms with van der Waals surface area (Å²) in [5.74, 6) is -0.495. The van der Waals surface area contributed by atoms with Gasteiger partial charge in [0.1, 0.15) is 6.04 Å². The van der Waals surface area contributed by atoms with E-state index in [0.29, 0.717) is 20.6 Å². The predicted molar refractivity (Wildman–Crippen MR) is 157 cm³/mol. The molecule has 6 rings (SSSR count). The van der Waals surface area contributed by atoms with E-state index in [2.05, 4.69) is 20.9 Å². The van der Waals surface area contributed by atoms with Crippen molar-refractivity contribution in [2.75, 3.05) is 7.11 Å². The first kappa shape index (κ1) is 25.4. The molecule has 39 heavy (non-hydrogen) atoms. The van der Waals surface area contributed by atoms with Crippen LogP contribution in [0.15, 0.2) is 104 Å². The third kappa shape index (κ3) is 4.64. The van der Waals surface area contributed by atoms with Crippen LogP contribution in [0.25, 0.3) is 23.0 Å². The van der Waals surface area contributed by atoms with Crippen molar-refractivity contribution in [3.63, 3.8) is 0 Å². The number of carbonyl (C=O) groups excluding carboxylic acids is 1. The molecule has 0 aliphatic carbocycles. The lowest BCUT2D eigenvalue weighted by Crippen LogP contribution is -2.39. The second-order valence-electron chi connectivity index (χ2n) is 8.81. The van der Waals surface area contributed by atoms with Gasteiger partial charge in [0, 0.05) is 26.7 Å². The zero-order chi connectivity index (χ0) is 27.1. The van der Waals surface area contributed by atoms with Gasteiger partial charge in [0.25, 0.3) is 5.56 Å². The second-order valence-corrected chi connectivity index (χ2v) is 11.7. The summed E-state index contributed by atoms with van der Waals surface area (Å²) in [6, 6.07) is 21.0. The number of aromatic nitrogens is 3. The summed E-state index contributed by atoms with van der Waals surface area (Å²) in [4.78, 5) is 32.8. The number of para-hydroxylation sites is 1. The Labute approximate surface area is 239 Å². The van der Waals surface area contributed by atoms with Gasteiger partial charge in [0.2, 0.25) is 0 Å². The summed E-state index contributed by atoms with van der Waals surface area (Å²) < 4.78 is 9.96. The van der Waals surface area contributed by atoms with Crippen molar-refractivity contribution >= 4 is 50.6 Å². The summed E-state index contributed by atoms with van der Waals surface area (Å²) in [6.07, 6.45) is 3.78.